The summed E-state index contributed by atoms with van der Waals surface area (Å²) in [7, 11) is 0. The van der Waals surface area contributed by atoms with Crippen molar-refractivity contribution in [1.29, 1.82) is 0 Å². The molecule has 1 aromatic carbocycles. The van der Waals surface area contributed by atoms with Gasteiger partial charge in [0.15, 0.2) is 0 Å². The van der Waals surface area contributed by atoms with E-state index >= 15 is 0 Å². The minimum absolute atomic E-state index is 0.131. The zero-order chi connectivity index (χ0) is 13.3. The predicted octanol–water partition coefficient (Wildman–Crippen LogP) is 2.75. The van der Waals surface area contributed by atoms with Gasteiger partial charge in [0.2, 0.25) is 0 Å². The summed E-state index contributed by atoms with van der Waals surface area (Å²) in [6.07, 6.45) is 0. The number of rotatable bonds is 2. The second-order valence-corrected chi connectivity index (χ2v) is 5.22. The van der Waals surface area contributed by atoms with Gasteiger partial charge in [-0.2, -0.15) is 0 Å². The molecule has 1 heterocycles. The highest BCUT2D eigenvalue weighted by Crippen LogP contribution is 2.25. The van der Waals surface area contributed by atoms with Gasteiger partial charge >= 0.3 is 0 Å². The van der Waals surface area contributed by atoms with E-state index in [1.54, 1.807) is 19.9 Å². The van der Waals surface area contributed by atoms with Gasteiger partial charge in [0, 0.05) is 24.4 Å². The molecule has 0 saturated carbocycles. The second-order valence-electron chi connectivity index (χ2n) is 4.37. The second kappa shape index (κ2) is 5.20. The van der Waals surface area contributed by atoms with Gasteiger partial charge in [-0.1, -0.05) is 0 Å². The lowest BCUT2D eigenvalue weighted by atomic mass is 10.0. The lowest BCUT2D eigenvalue weighted by molar-refractivity contribution is -0.112. The molecule has 2 N–H and O–H groups in total. The molecule has 0 aliphatic carbocycles. The Balaban J connectivity index is 2.19. The predicted molar refractivity (Wildman–Crippen MR) is 73.0 cm³/mol. The molecular formula is C13H14BrFN2O. The average Bonchev–Trinajstić information content (AvgIpc) is 2.23. The summed E-state index contributed by atoms with van der Waals surface area (Å²) in [5.41, 5.74) is 3.18. The number of amides is 1. The largest absolute Gasteiger partial charge is 0.322 e. The molecule has 1 aliphatic rings. The zero-order valence-electron chi connectivity index (χ0n) is 10.2. The highest BCUT2D eigenvalue weighted by atomic mass is 79.9. The lowest BCUT2D eigenvalue weighted by Gasteiger charge is -2.21. The Morgan fingerprint density at radius 3 is 2.67 bits per heavy atom. The number of hydrogen-bond donors (Lipinski definition) is 2. The Bertz CT molecular complexity index is 534. The monoisotopic (exact) mass is 312 g/mol. The lowest BCUT2D eigenvalue weighted by Crippen LogP contribution is -2.36. The van der Waals surface area contributed by atoms with E-state index in [4.69, 9.17) is 0 Å². The van der Waals surface area contributed by atoms with Crippen LogP contribution in [0.2, 0.25) is 0 Å². The zero-order valence-corrected chi connectivity index (χ0v) is 11.8. The number of benzene rings is 1. The third-order valence-corrected chi connectivity index (χ3v) is 3.67. The first-order valence-electron chi connectivity index (χ1n) is 5.65. The molecule has 1 saturated heterocycles. The van der Waals surface area contributed by atoms with E-state index in [1.165, 1.54) is 6.07 Å². The summed E-state index contributed by atoms with van der Waals surface area (Å²) < 4.78 is 13.6. The molecule has 5 heteroatoms. The molecule has 0 atom stereocenters. The van der Waals surface area contributed by atoms with E-state index in [2.05, 4.69) is 26.6 Å². The van der Waals surface area contributed by atoms with E-state index in [0.717, 1.165) is 24.2 Å². The van der Waals surface area contributed by atoms with Crippen LogP contribution >= 0.6 is 15.9 Å². The maximum absolute atomic E-state index is 13.3. The molecule has 1 aromatic rings. The minimum atomic E-state index is -0.330. The van der Waals surface area contributed by atoms with Crippen molar-refractivity contribution in [3.63, 3.8) is 0 Å². The first kappa shape index (κ1) is 13.2. The maximum atomic E-state index is 13.3. The van der Waals surface area contributed by atoms with Gasteiger partial charge in [0.1, 0.15) is 5.82 Å². The van der Waals surface area contributed by atoms with Crippen molar-refractivity contribution < 1.29 is 9.18 Å². The normalized spacial score (nSPS) is 14.1. The van der Waals surface area contributed by atoms with Crippen molar-refractivity contribution in [2.24, 2.45) is 0 Å². The highest BCUT2D eigenvalue weighted by Gasteiger charge is 2.17. The van der Waals surface area contributed by atoms with Gasteiger partial charge in [-0.3, -0.25) is 4.79 Å². The van der Waals surface area contributed by atoms with Crippen molar-refractivity contribution in [2.45, 2.75) is 13.8 Å². The van der Waals surface area contributed by atoms with E-state index in [-0.39, 0.29) is 11.7 Å². The SMILES string of the molecule is CC(C(=O)Nc1cc(Br)c(F)cc1C)=C1CNC1. The average molecular weight is 313 g/mol. The summed E-state index contributed by atoms with van der Waals surface area (Å²) in [5, 5.41) is 5.90. The fourth-order valence-corrected chi connectivity index (χ4v) is 2.02. The van der Waals surface area contributed by atoms with E-state index < -0.39 is 0 Å². The summed E-state index contributed by atoms with van der Waals surface area (Å²) in [5.74, 6) is -0.461. The van der Waals surface area contributed by atoms with Gasteiger partial charge in [-0.15, -0.1) is 0 Å². The summed E-state index contributed by atoms with van der Waals surface area (Å²) in [6.45, 7) is 5.11. The number of anilines is 1. The fraction of sp³-hybridized carbons (Fsp3) is 0.308. The topological polar surface area (TPSA) is 41.1 Å². The molecule has 3 nitrogen and oxygen atoms in total. The molecule has 1 fully saturated rings. The number of carbonyl (C=O) groups excluding carboxylic acids is 1. The van der Waals surface area contributed by atoms with Crippen molar-refractivity contribution in [3.05, 3.63) is 39.1 Å². The molecule has 0 unspecified atom stereocenters. The van der Waals surface area contributed by atoms with Crippen LogP contribution < -0.4 is 10.6 Å². The molecule has 2 rings (SSSR count). The summed E-state index contributed by atoms with van der Waals surface area (Å²) in [6, 6.07) is 2.98. The number of nitrogens with one attached hydrogen (secondary N) is 2. The smallest absolute Gasteiger partial charge is 0.251 e. The van der Waals surface area contributed by atoms with Gasteiger partial charge in [0.25, 0.3) is 5.91 Å². The van der Waals surface area contributed by atoms with Crippen LogP contribution in [0.25, 0.3) is 0 Å². The van der Waals surface area contributed by atoms with E-state index in [1.807, 2.05) is 0 Å². The number of carbonyl (C=O) groups is 1. The fourth-order valence-electron chi connectivity index (χ4n) is 1.67. The number of aryl methyl sites for hydroxylation is 1. The molecule has 1 amide bonds. The first-order valence-corrected chi connectivity index (χ1v) is 6.44. The van der Waals surface area contributed by atoms with Gasteiger partial charge in [-0.25, -0.2) is 4.39 Å². The van der Waals surface area contributed by atoms with Crippen molar-refractivity contribution in [3.8, 4) is 0 Å². The number of halogens is 2. The molecule has 1 aliphatic heterocycles. The van der Waals surface area contributed by atoms with Crippen LogP contribution in [0.3, 0.4) is 0 Å². The molecule has 0 bridgehead atoms. The maximum Gasteiger partial charge on any atom is 0.251 e. The van der Waals surface area contributed by atoms with Crippen molar-refractivity contribution >= 4 is 27.5 Å². The molecule has 96 valence electrons. The summed E-state index contributed by atoms with van der Waals surface area (Å²) in [4.78, 5) is 12.0. The third kappa shape index (κ3) is 2.62. The minimum Gasteiger partial charge on any atom is -0.322 e. The Kier molecular flexibility index (Phi) is 3.82. The summed E-state index contributed by atoms with van der Waals surface area (Å²) >= 11 is 3.11. The molecule has 0 spiro atoms. The third-order valence-electron chi connectivity index (χ3n) is 3.06. The number of hydrogen-bond acceptors (Lipinski definition) is 2. The Morgan fingerprint density at radius 1 is 1.44 bits per heavy atom. The first-order chi connectivity index (χ1) is 8.49. The van der Waals surface area contributed by atoms with Crippen LogP contribution in [0.1, 0.15) is 12.5 Å². The van der Waals surface area contributed by atoms with Crippen LogP contribution in [0.15, 0.2) is 27.8 Å². The highest BCUT2D eigenvalue weighted by molar-refractivity contribution is 9.10. The van der Waals surface area contributed by atoms with E-state index in [0.29, 0.717) is 15.7 Å². The standard InChI is InChI=1S/C13H14BrFN2O/c1-7-3-11(15)10(14)4-12(7)17-13(18)8(2)9-5-16-6-9/h3-4,16H,5-6H2,1-2H3,(H,17,18). The molecule has 0 radical (unpaired) electrons. The van der Waals surface area contributed by atoms with Gasteiger partial charge in [-0.05, 0) is 53.0 Å². The van der Waals surface area contributed by atoms with Crippen LogP contribution in [0, 0.1) is 12.7 Å². The Hall–Kier alpha value is -1.20. The molecule has 0 aromatic heterocycles. The van der Waals surface area contributed by atoms with Crippen molar-refractivity contribution in [1.82, 2.24) is 5.32 Å². The van der Waals surface area contributed by atoms with E-state index in [9.17, 15) is 9.18 Å². The van der Waals surface area contributed by atoms with Gasteiger partial charge in [0.05, 0.1) is 4.47 Å². The van der Waals surface area contributed by atoms with Crippen LogP contribution in [-0.2, 0) is 4.79 Å². The quantitative estimate of drug-likeness (QED) is 0.824. The van der Waals surface area contributed by atoms with Crippen LogP contribution in [0.5, 0.6) is 0 Å². The van der Waals surface area contributed by atoms with Crippen LogP contribution in [0.4, 0.5) is 10.1 Å². The molecule has 18 heavy (non-hydrogen) atoms. The van der Waals surface area contributed by atoms with Gasteiger partial charge < -0.3 is 10.6 Å². The molecular weight excluding hydrogens is 299 g/mol. The van der Waals surface area contributed by atoms with Crippen molar-refractivity contribution in [2.75, 3.05) is 18.4 Å². The Labute approximate surface area is 114 Å². The Morgan fingerprint density at radius 2 is 2.11 bits per heavy atom. The van der Waals surface area contributed by atoms with Crippen LogP contribution in [-0.4, -0.2) is 19.0 Å².